The molecule has 0 aromatic heterocycles. The highest BCUT2D eigenvalue weighted by Gasteiger charge is 2.23. The lowest BCUT2D eigenvalue weighted by Gasteiger charge is -2.24. The molecule has 1 aliphatic rings. The lowest BCUT2D eigenvalue weighted by molar-refractivity contribution is -0.116. The second kappa shape index (κ2) is 10.1. The van der Waals surface area contributed by atoms with Gasteiger partial charge in [0.2, 0.25) is 5.91 Å². The highest BCUT2D eigenvalue weighted by Crippen LogP contribution is 2.25. The van der Waals surface area contributed by atoms with Crippen molar-refractivity contribution in [3.8, 4) is 11.5 Å². The van der Waals surface area contributed by atoms with Gasteiger partial charge in [-0.05, 0) is 37.6 Å². The topological polar surface area (TPSA) is 60.0 Å². The summed E-state index contributed by atoms with van der Waals surface area (Å²) in [4.78, 5) is 14.5. The molecular weight excluding hydrogens is 320 g/mol. The minimum absolute atomic E-state index is 0.100. The van der Waals surface area contributed by atoms with Crippen LogP contribution in [0.3, 0.4) is 0 Å². The van der Waals surface area contributed by atoms with Gasteiger partial charge >= 0.3 is 0 Å². The number of hydrogen-bond acceptors (Lipinski definition) is 5. The lowest BCUT2D eigenvalue weighted by Crippen LogP contribution is -2.41. The Morgan fingerprint density at radius 3 is 2.88 bits per heavy atom. The fraction of sp³-hybridized carbons (Fsp3) is 0.526. The van der Waals surface area contributed by atoms with Gasteiger partial charge in [0.15, 0.2) is 0 Å². The summed E-state index contributed by atoms with van der Waals surface area (Å²) in [6, 6.07) is 5.89. The molecule has 138 valence electrons. The fourth-order valence-corrected chi connectivity index (χ4v) is 3.03. The van der Waals surface area contributed by atoms with Crippen molar-refractivity contribution in [1.29, 1.82) is 0 Å². The minimum atomic E-state index is -0.100. The van der Waals surface area contributed by atoms with Crippen molar-refractivity contribution in [3.63, 3.8) is 0 Å². The standard InChI is InChI=1S/C19H28N2O4/c1-23-12-11-21-10-4-5-16(21)14-20-19(22)9-7-15-6-8-17(24-2)13-18(15)25-3/h6-9,13,16H,4-5,10-12,14H2,1-3H3,(H,20,22)/b9-7-/t16-/m0/s1. The molecule has 1 saturated heterocycles. The SMILES string of the molecule is COCCN1CCC[C@H]1CNC(=O)/C=C\c1ccc(OC)cc1OC. The molecule has 6 heteroatoms. The molecule has 1 heterocycles. The highest BCUT2D eigenvalue weighted by molar-refractivity contribution is 5.92. The minimum Gasteiger partial charge on any atom is -0.497 e. The first-order chi connectivity index (χ1) is 12.2. The maximum absolute atomic E-state index is 12.1. The van der Waals surface area contributed by atoms with Crippen LogP contribution in [-0.4, -0.2) is 64.4 Å². The summed E-state index contributed by atoms with van der Waals surface area (Å²) in [5.41, 5.74) is 0.834. The predicted octanol–water partition coefficient (Wildman–Crippen LogP) is 1.94. The van der Waals surface area contributed by atoms with Crippen LogP contribution in [-0.2, 0) is 9.53 Å². The summed E-state index contributed by atoms with van der Waals surface area (Å²) in [7, 11) is 4.92. The number of carbonyl (C=O) groups excluding carboxylic acids is 1. The number of nitrogens with one attached hydrogen (secondary N) is 1. The maximum Gasteiger partial charge on any atom is 0.244 e. The van der Waals surface area contributed by atoms with Gasteiger partial charge in [-0.2, -0.15) is 0 Å². The normalized spacial score (nSPS) is 17.8. The number of nitrogens with zero attached hydrogens (tertiary/aromatic N) is 1. The van der Waals surface area contributed by atoms with Crippen molar-refractivity contribution in [2.24, 2.45) is 0 Å². The van der Waals surface area contributed by atoms with Crippen LogP contribution >= 0.6 is 0 Å². The molecule has 1 atom stereocenters. The summed E-state index contributed by atoms with van der Waals surface area (Å²) in [6.07, 6.45) is 5.58. The van der Waals surface area contributed by atoms with Crippen LogP contribution in [0, 0.1) is 0 Å². The van der Waals surface area contributed by atoms with E-state index in [2.05, 4.69) is 10.2 Å². The van der Waals surface area contributed by atoms with E-state index in [-0.39, 0.29) is 5.91 Å². The van der Waals surface area contributed by atoms with Gasteiger partial charge in [-0.25, -0.2) is 0 Å². The van der Waals surface area contributed by atoms with E-state index in [0.717, 1.165) is 37.4 Å². The van der Waals surface area contributed by atoms with E-state index < -0.39 is 0 Å². The smallest absolute Gasteiger partial charge is 0.244 e. The zero-order chi connectivity index (χ0) is 18.1. The van der Waals surface area contributed by atoms with E-state index in [4.69, 9.17) is 14.2 Å². The average molecular weight is 348 g/mol. The van der Waals surface area contributed by atoms with Crippen molar-refractivity contribution in [2.75, 3.05) is 47.6 Å². The molecule has 1 amide bonds. The van der Waals surface area contributed by atoms with Crippen LogP contribution in [0.15, 0.2) is 24.3 Å². The molecule has 1 fully saturated rings. The molecule has 0 saturated carbocycles. The molecular formula is C19H28N2O4. The van der Waals surface area contributed by atoms with Gasteiger partial charge in [0.05, 0.1) is 20.8 Å². The number of carbonyl (C=O) groups is 1. The third kappa shape index (κ3) is 5.76. The molecule has 0 bridgehead atoms. The molecule has 0 radical (unpaired) electrons. The zero-order valence-electron chi connectivity index (χ0n) is 15.3. The Hall–Kier alpha value is -2.05. The first-order valence-electron chi connectivity index (χ1n) is 8.59. The predicted molar refractivity (Wildman–Crippen MR) is 98.1 cm³/mol. The van der Waals surface area contributed by atoms with E-state index >= 15 is 0 Å². The van der Waals surface area contributed by atoms with E-state index in [1.165, 1.54) is 6.42 Å². The summed E-state index contributed by atoms with van der Waals surface area (Å²) in [5.74, 6) is 1.29. The second-order valence-electron chi connectivity index (χ2n) is 6.01. The highest BCUT2D eigenvalue weighted by atomic mass is 16.5. The van der Waals surface area contributed by atoms with Crippen molar-refractivity contribution >= 4 is 12.0 Å². The Morgan fingerprint density at radius 2 is 2.16 bits per heavy atom. The van der Waals surface area contributed by atoms with Crippen molar-refractivity contribution in [2.45, 2.75) is 18.9 Å². The van der Waals surface area contributed by atoms with Gasteiger partial charge in [0.1, 0.15) is 11.5 Å². The molecule has 1 aromatic rings. The van der Waals surface area contributed by atoms with Gasteiger partial charge in [-0.1, -0.05) is 0 Å². The average Bonchev–Trinajstić information content (AvgIpc) is 3.10. The third-order valence-electron chi connectivity index (χ3n) is 4.45. The first-order valence-corrected chi connectivity index (χ1v) is 8.59. The molecule has 1 N–H and O–H groups in total. The Labute approximate surface area is 149 Å². The van der Waals surface area contributed by atoms with Crippen LogP contribution in [0.25, 0.3) is 6.08 Å². The third-order valence-corrected chi connectivity index (χ3v) is 4.45. The molecule has 0 unspecified atom stereocenters. The Kier molecular flexibility index (Phi) is 7.76. The van der Waals surface area contributed by atoms with Crippen LogP contribution < -0.4 is 14.8 Å². The van der Waals surface area contributed by atoms with Gasteiger partial charge in [0, 0.05) is 43.9 Å². The molecule has 2 rings (SSSR count). The number of hydrogen-bond donors (Lipinski definition) is 1. The van der Waals surface area contributed by atoms with Gasteiger partial charge in [-0.3, -0.25) is 9.69 Å². The van der Waals surface area contributed by atoms with Crippen LogP contribution in [0.5, 0.6) is 11.5 Å². The molecule has 6 nitrogen and oxygen atoms in total. The maximum atomic E-state index is 12.1. The van der Waals surface area contributed by atoms with Gasteiger partial charge in [-0.15, -0.1) is 0 Å². The second-order valence-corrected chi connectivity index (χ2v) is 6.01. The van der Waals surface area contributed by atoms with Crippen LogP contribution in [0.4, 0.5) is 0 Å². The molecule has 1 aromatic carbocycles. The Bertz CT molecular complexity index is 589. The zero-order valence-corrected chi connectivity index (χ0v) is 15.3. The molecule has 0 spiro atoms. The van der Waals surface area contributed by atoms with Gasteiger partial charge < -0.3 is 19.5 Å². The van der Waals surface area contributed by atoms with Crippen molar-refractivity contribution in [3.05, 3.63) is 29.8 Å². The number of ether oxygens (including phenoxy) is 3. The largest absolute Gasteiger partial charge is 0.497 e. The summed E-state index contributed by atoms with van der Waals surface area (Å²) >= 11 is 0. The van der Waals surface area contributed by atoms with E-state index in [1.54, 1.807) is 39.5 Å². The molecule has 1 aliphatic heterocycles. The number of likely N-dealkylation sites (tertiary alicyclic amines) is 1. The number of methoxy groups -OCH3 is 3. The fourth-order valence-electron chi connectivity index (χ4n) is 3.03. The summed E-state index contributed by atoms with van der Waals surface area (Å²) < 4.78 is 15.6. The monoisotopic (exact) mass is 348 g/mol. The van der Waals surface area contributed by atoms with E-state index in [0.29, 0.717) is 18.3 Å². The number of amides is 1. The Balaban J connectivity index is 1.86. The molecule has 25 heavy (non-hydrogen) atoms. The number of rotatable bonds is 9. The van der Waals surface area contributed by atoms with Gasteiger partial charge in [0.25, 0.3) is 0 Å². The van der Waals surface area contributed by atoms with E-state index in [9.17, 15) is 4.79 Å². The van der Waals surface area contributed by atoms with Crippen molar-refractivity contribution in [1.82, 2.24) is 10.2 Å². The lowest BCUT2D eigenvalue weighted by atomic mass is 10.1. The van der Waals surface area contributed by atoms with E-state index in [1.807, 2.05) is 12.1 Å². The molecule has 0 aliphatic carbocycles. The van der Waals surface area contributed by atoms with Crippen molar-refractivity contribution < 1.29 is 19.0 Å². The summed E-state index contributed by atoms with van der Waals surface area (Å²) in [5, 5.41) is 2.99. The van der Waals surface area contributed by atoms with Crippen LogP contribution in [0.1, 0.15) is 18.4 Å². The summed E-state index contributed by atoms with van der Waals surface area (Å²) in [6.45, 7) is 3.37. The van der Waals surface area contributed by atoms with Crippen LogP contribution in [0.2, 0.25) is 0 Å². The Morgan fingerprint density at radius 1 is 1.32 bits per heavy atom. The first kappa shape index (κ1) is 19.3. The quantitative estimate of drug-likeness (QED) is 0.691. The number of benzene rings is 1.